The molecule has 6 aromatic rings. The van der Waals surface area contributed by atoms with Gasteiger partial charge in [-0.25, -0.2) is 0 Å². The van der Waals surface area contributed by atoms with Crippen LogP contribution >= 0.6 is 15.8 Å². The zero-order valence-electron chi connectivity index (χ0n) is 22.9. The van der Waals surface area contributed by atoms with E-state index in [0.29, 0.717) is 11.3 Å². The van der Waals surface area contributed by atoms with Gasteiger partial charge >= 0.3 is 0 Å². The van der Waals surface area contributed by atoms with Gasteiger partial charge in [-0.2, -0.15) is 0 Å². The van der Waals surface area contributed by atoms with E-state index in [1.165, 1.54) is 37.9 Å². The Morgan fingerprint density at radius 3 is 1.27 bits per heavy atom. The maximum absolute atomic E-state index is 2.40. The maximum atomic E-state index is 2.40. The molecule has 0 amide bonds. The molecule has 0 fully saturated rings. The Bertz CT molecular complexity index is 1620. The minimum absolute atomic E-state index is 0.382. The van der Waals surface area contributed by atoms with Crippen molar-refractivity contribution >= 4 is 37.1 Å². The van der Waals surface area contributed by atoms with E-state index in [0.717, 1.165) is 6.42 Å². The zero-order chi connectivity index (χ0) is 27.4. The van der Waals surface area contributed by atoms with Crippen LogP contribution in [0.4, 0.5) is 0 Å². The molecule has 1 aliphatic carbocycles. The first-order valence-corrected chi connectivity index (χ1v) is 17.2. The molecular formula is C39H32P2. The van der Waals surface area contributed by atoms with E-state index in [1.807, 2.05) is 0 Å². The third kappa shape index (κ3) is 5.20. The van der Waals surface area contributed by atoms with Gasteiger partial charge in [-0.05, 0) is 65.7 Å². The van der Waals surface area contributed by atoms with Crippen molar-refractivity contribution in [2.24, 2.45) is 0 Å². The minimum Gasteiger partial charge on any atom is -0.0622 e. The molecule has 41 heavy (non-hydrogen) atoms. The lowest BCUT2D eigenvalue weighted by atomic mass is 9.97. The van der Waals surface area contributed by atoms with Gasteiger partial charge in [0, 0.05) is 11.3 Å². The summed E-state index contributed by atoms with van der Waals surface area (Å²) in [5, 5.41) is 5.84. The van der Waals surface area contributed by atoms with Crippen LogP contribution in [0.1, 0.15) is 16.8 Å². The van der Waals surface area contributed by atoms with Gasteiger partial charge in [-0.1, -0.05) is 170 Å². The van der Waals surface area contributed by atoms with Crippen LogP contribution < -0.4 is 21.2 Å². The highest BCUT2D eigenvalue weighted by Gasteiger charge is 2.44. The molecule has 2 atom stereocenters. The first-order chi connectivity index (χ1) is 20.4. The van der Waals surface area contributed by atoms with E-state index >= 15 is 0 Å². The molecule has 0 bridgehead atoms. The number of hydrogen-bond donors (Lipinski definition) is 0. The molecule has 0 heterocycles. The van der Waals surface area contributed by atoms with Gasteiger partial charge in [0.15, 0.2) is 0 Å². The van der Waals surface area contributed by atoms with Crippen molar-refractivity contribution in [2.45, 2.75) is 17.7 Å². The molecule has 0 N–H and O–H groups in total. The SMILES string of the molecule is c1ccc(-c2cccc3c2C(P(c2ccccc2)c2ccccc2)C(P(c2ccccc2)c2ccccc2)C3)cc1. The Balaban J connectivity index is 1.51. The minimum atomic E-state index is -0.681. The average Bonchev–Trinajstić information content (AvgIpc) is 3.42. The topological polar surface area (TPSA) is 0 Å². The molecule has 0 saturated carbocycles. The van der Waals surface area contributed by atoms with Gasteiger partial charge in [0.1, 0.15) is 0 Å². The first kappa shape index (κ1) is 26.1. The van der Waals surface area contributed by atoms with E-state index < -0.39 is 15.8 Å². The van der Waals surface area contributed by atoms with Crippen LogP contribution in [0, 0.1) is 0 Å². The van der Waals surface area contributed by atoms with Crippen molar-refractivity contribution < 1.29 is 0 Å². The summed E-state index contributed by atoms with van der Waals surface area (Å²) < 4.78 is 0. The van der Waals surface area contributed by atoms with Crippen molar-refractivity contribution in [3.05, 3.63) is 181 Å². The highest BCUT2D eigenvalue weighted by Crippen LogP contribution is 2.65. The molecular weight excluding hydrogens is 530 g/mol. The second-order valence-corrected chi connectivity index (χ2v) is 15.3. The molecule has 198 valence electrons. The first-order valence-electron chi connectivity index (χ1n) is 14.3. The van der Waals surface area contributed by atoms with Crippen LogP contribution in [0.25, 0.3) is 11.1 Å². The largest absolute Gasteiger partial charge is 0.0622 e. The lowest BCUT2D eigenvalue weighted by molar-refractivity contribution is 0.900. The molecule has 0 aliphatic heterocycles. The molecule has 2 heteroatoms. The van der Waals surface area contributed by atoms with Gasteiger partial charge in [-0.15, -0.1) is 0 Å². The summed E-state index contributed by atoms with van der Waals surface area (Å²) in [6.45, 7) is 0. The van der Waals surface area contributed by atoms with Crippen molar-refractivity contribution in [1.29, 1.82) is 0 Å². The smallest absolute Gasteiger partial charge is 0.0208 e. The normalized spacial score (nSPS) is 16.1. The lowest BCUT2D eigenvalue weighted by Gasteiger charge is -2.36. The molecule has 7 rings (SSSR count). The Morgan fingerprint density at radius 2 is 0.805 bits per heavy atom. The Hall–Kier alpha value is -3.82. The van der Waals surface area contributed by atoms with Crippen molar-refractivity contribution in [3.8, 4) is 11.1 Å². The molecule has 0 spiro atoms. The standard InChI is InChI=1S/C39H32P2/c1-6-17-30(18-7-1)36-28-16-19-31-29-37(40(32-20-8-2-9-21-32)33-22-10-3-11-23-33)39(38(31)36)41(34-24-12-4-13-25-34)35-26-14-5-15-27-35/h1-28,37,39H,29H2. The summed E-state index contributed by atoms with van der Waals surface area (Å²) in [6, 6.07) is 63.4. The van der Waals surface area contributed by atoms with Crippen molar-refractivity contribution in [3.63, 3.8) is 0 Å². The van der Waals surface area contributed by atoms with Crippen LogP contribution in [0.2, 0.25) is 0 Å². The van der Waals surface area contributed by atoms with Crippen LogP contribution in [0.5, 0.6) is 0 Å². The predicted octanol–water partition coefficient (Wildman–Crippen LogP) is 8.59. The Morgan fingerprint density at radius 1 is 0.390 bits per heavy atom. The van der Waals surface area contributed by atoms with E-state index in [-0.39, 0.29) is 0 Å². The molecule has 0 nitrogen and oxygen atoms in total. The Labute approximate surface area is 246 Å². The maximum Gasteiger partial charge on any atom is 0.0208 e. The molecule has 0 radical (unpaired) electrons. The molecule has 1 aliphatic rings. The molecule has 0 aromatic heterocycles. The predicted molar refractivity (Wildman–Crippen MR) is 180 cm³/mol. The lowest BCUT2D eigenvalue weighted by Crippen LogP contribution is -2.28. The highest BCUT2D eigenvalue weighted by atomic mass is 31.1. The van der Waals surface area contributed by atoms with Gasteiger partial charge in [-0.3, -0.25) is 0 Å². The number of fused-ring (bicyclic) bond motifs is 1. The monoisotopic (exact) mass is 562 g/mol. The van der Waals surface area contributed by atoms with Crippen molar-refractivity contribution in [1.82, 2.24) is 0 Å². The van der Waals surface area contributed by atoms with Gasteiger partial charge in [0.05, 0.1) is 0 Å². The number of benzene rings is 6. The highest BCUT2D eigenvalue weighted by molar-refractivity contribution is 7.77. The zero-order valence-corrected chi connectivity index (χ0v) is 24.7. The molecule has 0 saturated heterocycles. The van der Waals surface area contributed by atoms with E-state index in [2.05, 4.69) is 170 Å². The number of rotatable bonds is 7. The summed E-state index contributed by atoms with van der Waals surface area (Å²) in [5.74, 6) is 0. The average molecular weight is 563 g/mol. The summed E-state index contributed by atoms with van der Waals surface area (Å²) in [5.41, 5.74) is 6.64. The third-order valence-electron chi connectivity index (χ3n) is 8.12. The third-order valence-corrected chi connectivity index (χ3v) is 14.1. The fraction of sp³-hybridized carbons (Fsp3) is 0.0769. The van der Waals surface area contributed by atoms with Crippen molar-refractivity contribution in [2.75, 3.05) is 0 Å². The quantitative estimate of drug-likeness (QED) is 0.171. The molecule has 6 aromatic carbocycles. The van der Waals surface area contributed by atoms with E-state index in [4.69, 9.17) is 0 Å². The second-order valence-electron chi connectivity index (χ2n) is 10.5. The fourth-order valence-electron chi connectivity index (χ4n) is 6.43. The van der Waals surface area contributed by atoms with E-state index in [9.17, 15) is 0 Å². The van der Waals surface area contributed by atoms with Crippen LogP contribution in [0.3, 0.4) is 0 Å². The molecule has 2 unspecified atom stereocenters. The fourth-order valence-corrected chi connectivity index (χ4v) is 13.0. The van der Waals surface area contributed by atoms with E-state index in [1.54, 1.807) is 5.56 Å². The van der Waals surface area contributed by atoms with Crippen LogP contribution in [0.15, 0.2) is 170 Å². The van der Waals surface area contributed by atoms with Crippen LogP contribution in [-0.4, -0.2) is 5.66 Å². The van der Waals surface area contributed by atoms with Gasteiger partial charge in [0.2, 0.25) is 0 Å². The summed E-state index contributed by atoms with van der Waals surface area (Å²) in [6.07, 6.45) is 1.09. The second kappa shape index (κ2) is 12.0. The van der Waals surface area contributed by atoms with Gasteiger partial charge < -0.3 is 0 Å². The number of hydrogen-bond acceptors (Lipinski definition) is 0. The Kier molecular flexibility index (Phi) is 7.62. The summed E-state index contributed by atoms with van der Waals surface area (Å²) in [7, 11) is -1.30. The summed E-state index contributed by atoms with van der Waals surface area (Å²) in [4.78, 5) is 0. The van der Waals surface area contributed by atoms with Crippen LogP contribution in [-0.2, 0) is 6.42 Å². The van der Waals surface area contributed by atoms with Gasteiger partial charge in [0.25, 0.3) is 0 Å². The summed E-state index contributed by atoms with van der Waals surface area (Å²) >= 11 is 0.